The fourth-order valence-corrected chi connectivity index (χ4v) is 1.56. The second-order valence-electron chi connectivity index (χ2n) is 4.35. The molecular weight excluding hydrogens is 218 g/mol. The van der Waals surface area contributed by atoms with E-state index in [2.05, 4.69) is 5.32 Å². The van der Waals surface area contributed by atoms with E-state index >= 15 is 0 Å². The average molecular weight is 235 g/mol. The predicted octanol–water partition coefficient (Wildman–Crippen LogP) is 1.83. The van der Waals surface area contributed by atoms with Crippen molar-refractivity contribution in [3.05, 3.63) is 35.4 Å². The van der Waals surface area contributed by atoms with Crippen LogP contribution in [-0.2, 0) is 4.79 Å². The van der Waals surface area contributed by atoms with Gasteiger partial charge in [0.15, 0.2) is 0 Å². The van der Waals surface area contributed by atoms with Gasteiger partial charge in [0.05, 0.1) is 0 Å². The maximum absolute atomic E-state index is 11.9. The van der Waals surface area contributed by atoms with Gasteiger partial charge in [-0.05, 0) is 24.5 Å². The topological polar surface area (TPSA) is 66.4 Å². The highest BCUT2D eigenvalue weighted by molar-refractivity contribution is 5.97. The summed E-state index contributed by atoms with van der Waals surface area (Å²) >= 11 is 0. The summed E-state index contributed by atoms with van der Waals surface area (Å²) in [4.78, 5) is 22.9. The number of aryl methyl sites for hydroxylation is 1. The zero-order valence-electron chi connectivity index (χ0n) is 10.2. The van der Waals surface area contributed by atoms with Crippen LogP contribution in [0.3, 0.4) is 0 Å². The molecule has 0 heterocycles. The Hall–Kier alpha value is -1.84. The Kier molecular flexibility index (Phi) is 4.26. The molecule has 1 atom stereocenters. The van der Waals surface area contributed by atoms with Crippen LogP contribution in [0.1, 0.15) is 29.8 Å². The third-order valence-electron chi connectivity index (χ3n) is 2.61. The van der Waals surface area contributed by atoms with Gasteiger partial charge in [0.2, 0.25) is 0 Å². The maximum atomic E-state index is 11.9. The number of carbonyl (C=O) groups excluding carboxylic acids is 1. The van der Waals surface area contributed by atoms with Crippen LogP contribution in [0.25, 0.3) is 0 Å². The van der Waals surface area contributed by atoms with Gasteiger partial charge < -0.3 is 10.4 Å². The normalized spacial score (nSPS) is 12.2. The van der Waals surface area contributed by atoms with Crippen LogP contribution >= 0.6 is 0 Å². The molecule has 1 rings (SSSR count). The molecule has 1 unspecified atom stereocenters. The van der Waals surface area contributed by atoms with Crippen molar-refractivity contribution in [2.24, 2.45) is 5.92 Å². The number of carboxylic acids is 1. The van der Waals surface area contributed by atoms with E-state index in [1.165, 1.54) is 0 Å². The Morgan fingerprint density at radius 2 is 1.82 bits per heavy atom. The summed E-state index contributed by atoms with van der Waals surface area (Å²) < 4.78 is 0. The molecule has 92 valence electrons. The van der Waals surface area contributed by atoms with Gasteiger partial charge in [-0.15, -0.1) is 0 Å². The molecule has 0 saturated carbocycles. The van der Waals surface area contributed by atoms with Gasteiger partial charge in [-0.3, -0.25) is 4.79 Å². The van der Waals surface area contributed by atoms with Gasteiger partial charge in [-0.1, -0.05) is 32.0 Å². The van der Waals surface area contributed by atoms with E-state index in [0.29, 0.717) is 5.56 Å². The van der Waals surface area contributed by atoms with Crippen LogP contribution in [0.2, 0.25) is 0 Å². The van der Waals surface area contributed by atoms with Crippen LogP contribution in [0.5, 0.6) is 0 Å². The summed E-state index contributed by atoms with van der Waals surface area (Å²) in [5, 5.41) is 11.5. The number of amides is 1. The van der Waals surface area contributed by atoms with Gasteiger partial charge in [0, 0.05) is 5.56 Å². The predicted molar refractivity (Wildman–Crippen MR) is 64.9 cm³/mol. The molecule has 1 aromatic rings. The molecule has 2 N–H and O–H groups in total. The number of carbonyl (C=O) groups is 2. The summed E-state index contributed by atoms with van der Waals surface area (Å²) in [7, 11) is 0. The highest BCUT2D eigenvalue weighted by Crippen LogP contribution is 2.09. The highest BCUT2D eigenvalue weighted by atomic mass is 16.4. The van der Waals surface area contributed by atoms with E-state index in [9.17, 15) is 9.59 Å². The second-order valence-corrected chi connectivity index (χ2v) is 4.35. The van der Waals surface area contributed by atoms with Gasteiger partial charge in [-0.25, -0.2) is 4.79 Å². The Labute approximate surface area is 101 Å². The van der Waals surface area contributed by atoms with Crippen molar-refractivity contribution in [1.29, 1.82) is 0 Å². The quantitative estimate of drug-likeness (QED) is 0.836. The molecule has 0 bridgehead atoms. The first-order valence-electron chi connectivity index (χ1n) is 5.52. The van der Waals surface area contributed by atoms with Crippen LogP contribution in [0.4, 0.5) is 0 Å². The molecule has 0 spiro atoms. The minimum atomic E-state index is -1.01. The lowest BCUT2D eigenvalue weighted by atomic mass is 10.0. The van der Waals surface area contributed by atoms with Crippen LogP contribution in [0.15, 0.2) is 24.3 Å². The zero-order valence-corrected chi connectivity index (χ0v) is 10.2. The summed E-state index contributed by atoms with van der Waals surface area (Å²) in [5.74, 6) is -1.51. The molecule has 1 amide bonds. The van der Waals surface area contributed by atoms with E-state index in [1.54, 1.807) is 26.0 Å². The molecule has 4 nitrogen and oxygen atoms in total. The van der Waals surface area contributed by atoms with Crippen molar-refractivity contribution >= 4 is 11.9 Å². The standard InChI is InChI=1S/C13H17NO3/c1-8(2)11(13(16)17)14-12(15)10-7-5-4-6-9(10)3/h4-8,11H,1-3H3,(H,14,15)(H,16,17). The fourth-order valence-electron chi connectivity index (χ4n) is 1.56. The molecular formula is C13H17NO3. The first-order chi connectivity index (χ1) is 7.93. The molecule has 0 aliphatic rings. The lowest BCUT2D eigenvalue weighted by Crippen LogP contribution is -2.44. The number of benzene rings is 1. The van der Waals surface area contributed by atoms with E-state index in [1.807, 2.05) is 19.1 Å². The Balaban J connectivity index is 2.85. The number of nitrogens with one attached hydrogen (secondary N) is 1. The zero-order chi connectivity index (χ0) is 13.0. The monoisotopic (exact) mass is 235 g/mol. The lowest BCUT2D eigenvalue weighted by molar-refractivity contribution is -0.140. The van der Waals surface area contributed by atoms with Gasteiger partial charge in [0.1, 0.15) is 6.04 Å². The van der Waals surface area contributed by atoms with Crippen LogP contribution in [-0.4, -0.2) is 23.0 Å². The number of rotatable bonds is 4. The third kappa shape index (κ3) is 3.31. The van der Waals surface area contributed by atoms with Crippen molar-refractivity contribution in [2.75, 3.05) is 0 Å². The Morgan fingerprint density at radius 3 is 2.29 bits per heavy atom. The van der Waals surface area contributed by atoms with Crippen LogP contribution < -0.4 is 5.32 Å². The van der Waals surface area contributed by atoms with Crippen molar-refractivity contribution in [1.82, 2.24) is 5.32 Å². The first kappa shape index (κ1) is 13.2. The minimum Gasteiger partial charge on any atom is -0.480 e. The fraction of sp³-hybridized carbons (Fsp3) is 0.385. The molecule has 0 saturated heterocycles. The maximum Gasteiger partial charge on any atom is 0.326 e. The van der Waals surface area contributed by atoms with Gasteiger partial charge >= 0.3 is 5.97 Å². The minimum absolute atomic E-state index is 0.152. The average Bonchev–Trinajstić information content (AvgIpc) is 2.25. The second kappa shape index (κ2) is 5.48. The SMILES string of the molecule is Cc1ccccc1C(=O)NC(C(=O)O)C(C)C. The van der Waals surface area contributed by atoms with E-state index in [0.717, 1.165) is 5.56 Å². The molecule has 4 heteroatoms. The number of carboxylic acid groups (broad SMARTS) is 1. The van der Waals surface area contributed by atoms with E-state index < -0.39 is 12.0 Å². The van der Waals surface area contributed by atoms with Gasteiger partial charge in [-0.2, -0.15) is 0 Å². The largest absolute Gasteiger partial charge is 0.480 e. The Morgan fingerprint density at radius 1 is 1.24 bits per heavy atom. The first-order valence-corrected chi connectivity index (χ1v) is 5.52. The molecule has 0 fully saturated rings. The van der Waals surface area contributed by atoms with Crippen molar-refractivity contribution in [3.8, 4) is 0 Å². The van der Waals surface area contributed by atoms with E-state index in [-0.39, 0.29) is 11.8 Å². The molecule has 17 heavy (non-hydrogen) atoms. The lowest BCUT2D eigenvalue weighted by Gasteiger charge is -2.18. The summed E-state index contributed by atoms with van der Waals surface area (Å²) in [6.07, 6.45) is 0. The third-order valence-corrected chi connectivity index (χ3v) is 2.61. The molecule has 0 radical (unpaired) electrons. The van der Waals surface area contributed by atoms with Gasteiger partial charge in [0.25, 0.3) is 5.91 Å². The summed E-state index contributed by atoms with van der Waals surface area (Å²) in [6.45, 7) is 5.34. The number of hydrogen-bond donors (Lipinski definition) is 2. The smallest absolute Gasteiger partial charge is 0.326 e. The van der Waals surface area contributed by atoms with E-state index in [4.69, 9.17) is 5.11 Å². The summed E-state index contributed by atoms with van der Waals surface area (Å²) in [6, 6.07) is 6.24. The van der Waals surface area contributed by atoms with Crippen LogP contribution in [0, 0.1) is 12.8 Å². The number of aliphatic carboxylic acids is 1. The molecule has 0 aliphatic carbocycles. The summed E-state index contributed by atoms with van der Waals surface area (Å²) in [5.41, 5.74) is 1.34. The molecule has 0 aromatic heterocycles. The Bertz CT molecular complexity index is 426. The van der Waals surface area contributed by atoms with Crippen molar-refractivity contribution < 1.29 is 14.7 Å². The van der Waals surface area contributed by atoms with Crippen molar-refractivity contribution in [2.45, 2.75) is 26.8 Å². The van der Waals surface area contributed by atoms with Crippen molar-refractivity contribution in [3.63, 3.8) is 0 Å². The highest BCUT2D eigenvalue weighted by Gasteiger charge is 2.24. The number of hydrogen-bond acceptors (Lipinski definition) is 2. The molecule has 1 aromatic carbocycles. The molecule has 0 aliphatic heterocycles.